The Morgan fingerprint density at radius 2 is 1.46 bits per heavy atom. The second-order valence-electron chi connectivity index (χ2n) is 3.48. The van der Waals surface area contributed by atoms with Crippen molar-refractivity contribution in [2.75, 3.05) is 0 Å². The molecule has 0 heteroatoms. The van der Waals surface area contributed by atoms with Crippen molar-refractivity contribution in [1.29, 1.82) is 0 Å². The summed E-state index contributed by atoms with van der Waals surface area (Å²) in [5, 5.41) is 0. The first-order valence-corrected chi connectivity index (χ1v) is 5.21. The van der Waals surface area contributed by atoms with Crippen LogP contribution in [0.2, 0.25) is 0 Å². The van der Waals surface area contributed by atoms with Gasteiger partial charge in [-0.2, -0.15) is 0 Å². The molecule has 1 aromatic carbocycles. The highest BCUT2D eigenvalue weighted by molar-refractivity contribution is 5.29. The molecule has 0 heterocycles. The lowest BCUT2D eigenvalue weighted by molar-refractivity contribution is 1.09. The van der Waals surface area contributed by atoms with Gasteiger partial charge in [-0.3, -0.25) is 0 Å². The SMILES string of the molecule is CCC.CCc1ccc(C)c(C)c1. The minimum atomic E-state index is 1.14. The smallest absolute Gasteiger partial charge is 0.0307 e. The van der Waals surface area contributed by atoms with E-state index in [-0.39, 0.29) is 0 Å². The molecule has 0 aromatic heterocycles. The topological polar surface area (TPSA) is 0 Å². The van der Waals surface area contributed by atoms with Gasteiger partial charge in [0.05, 0.1) is 0 Å². The van der Waals surface area contributed by atoms with Crippen LogP contribution in [-0.4, -0.2) is 0 Å². The second-order valence-corrected chi connectivity index (χ2v) is 3.48. The van der Waals surface area contributed by atoms with Crippen molar-refractivity contribution in [1.82, 2.24) is 0 Å². The van der Waals surface area contributed by atoms with Crippen molar-refractivity contribution >= 4 is 0 Å². The fourth-order valence-corrected chi connectivity index (χ4v) is 1.02. The number of benzene rings is 1. The van der Waals surface area contributed by atoms with Gasteiger partial charge in [0.25, 0.3) is 0 Å². The van der Waals surface area contributed by atoms with Crippen LogP contribution < -0.4 is 0 Å². The van der Waals surface area contributed by atoms with E-state index in [1.54, 1.807) is 0 Å². The molecule has 0 aliphatic heterocycles. The summed E-state index contributed by atoms with van der Waals surface area (Å²) < 4.78 is 0. The highest BCUT2D eigenvalue weighted by Gasteiger charge is 1.92. The summed E-state index contributed by atoms with van der Waals surface area (Å²) in [6, 6.07) is 6.64. The molecule has 0 radical (unpaired) electrons. The molecule has 1 aromatic rings. The average Bonchev–Trinajstić information content (AvgIpc) is 2.11. The number of aryl methyl sites for hydroxylation is 3. The molecular formula is C13H22. The second kappa shape index (κ2) is 6.71. The highest BCUT2D eigenvalue weighted by Crippen LogP contribution is 2.09. The summed E-state index contributed by atoms with van der Waals surface area (Å²) >= 11 is 0. The molecular weight excluding hydrogens is 156 g/mol. The van der Waals surface area contributed by atoms with Gasteiger partial charge in [-0.15, -0.1) is 0 Å². The molecule has 0 saturated heterocycles. The summed E-state index contributed by atoms with van der Waals surface area (Å²) in [6.45, 7) is 10.7. The standard InChI is InChI=1S/C10H14.C3H8/c1-4-10-6-5-8(2)9(3)7-10;1-3-2/h5-7H,4H2,1-3H3;3H2,1-2H3. The molecule has 0 saturated carbocycles. The zero-order valence-corrected chi connectivity index (χ0v) is 9.65. The van der Waals surface area contributed by atoms with Crippen LogP contribution in [0.25, 0.3) is 0 Å². The van der Waals surface area contributed by atoms with E-state index in [0.717, 1.165) is 6.42 Å². The Balaban J connectivity index is 0.000000424. The summed E-state index contributed by atoms with van der Waals surface area (Å²) in [6.07, 6.45) is 2.39. The molecule has 0 spiro atoms. The van der Waals surface area contributed by atoms with E-state index in [2.05, 4.69) is 52.8 Å². The van der Waals surface area contributed by atoms with Gasteiger partial charge in [0.1, 0.15) is 0 Å². The van der Waals surface area contributed by atoms with E-state index in [1.165, 1.54) is 23.1 Å². The van der Waals surface area contributed by atoms with Crippen LogP contribution in [-0.2, 0) is 6.42 Å². The maximum absolute atomic E-state index is 2.26. The Kier molecular flexibility index (Phi) is 6.30. The van der Waals surface area contributed by atoms with Gasteiger partial charge in [-0.25, -0.2) is 0 Å². The van der Waals surface area contributed by atoms with Crippen molar-refractivity contribution in [3.8, 4) is 0 Å². The third-order valence-corrected chi connectivity index (χ3v) is 1.98. The maximum atomic E-state index is 2.26. The molecule has 1 rings (SSSR count). The van der Waals surface area contributed by atoms with Crippen LogP contribution >= 0.6 is 0 Å². The molecule has 0 N–H and O–H groups in total. The van der Waals surface area contributed by atoms with Gasteiger partial charge in [-0.1, -0.05) is 45.4 Å². The van der Waals surface area contributed by atoms with Gasteiger partial charge in [-0.05, 0) is 37.0 Å². The van der Waals surface area contributed by atoms with Crippen LogP contribution in [0.4, 0.5) is 0 Å². The number of hydrogen-bond acceptors (Lipinski definition) is 0. The van der Waals surface area contributed by atoms with Gasteiger partial charge in [0.2, 0.25) is 0 Å². The van der Waals surface area contributed by atoms with Crippen LogP contribution in [0.3, 0.4) is 0 Å². The Labute approximate surface area is 83.0 Å². The molecule has 0 aliphatic rings. The maximum Gasteiger partial charge on any atom is -0.0307 e. The molecule has 0 nitrogen and oxygen atoms in total. The molecule has 0 bridgehead atoms. The van der Waals surface area contributed by atoms with Crippen molar-refractivity contribution < 1.29 is 0 Å². The van der Waals surface area contributed by atoms with E-state index in [9.17, 15) is 0 Å². The fourth-order valence-electron chi connectivity index (χ4n) is 1.02. The molecule has 0 aliphatic carbocycles. The Morgan fingerprint density at radius 1 is 0.923 bits per heavy atom. The summed E-state index contributed by atoms with van der Waals surface area (Å²) in [7, 11) is 0. The molecule has 0 atom stereocenters. The number of rotatable bonds is 1. The lowest BCUT2D eigenvalue weighted by Gasteiger charge is -2.01. The van der Waals surface area contributed by atoms with Crippen LogP contribution in [0.1, 0.15) is 43.9 Å². The Hall–Kier alpha value is -0.780. The lowest BCUT2D eigenvalue weighted by Crippen LogP contribution is -1.84. The quantitative estimate of drug-likeness (QED) is 0.602. The first-order valence-electron chi connectivity index (χ1n) is 5.21. The number of hydrogen-bond donors (Lipinski definition) is 0. The van der Waals surface area contributed by atoms with Gasteiger partial charge >= 0.3 is 0 Å². The molecule has 0 unspecified atom stereocenters. The fraction of sp³-hybridized carbons (Fsp3) is 0.538. The summed E-state index contributed by atoms with van der Waals surface area (Å²) in [5.74, 6) is 0. The van der Waals surface area contributed by atoms with E-state index in [4.69, 9.17) is 0 Å². The normalized spacial score (nSPS) is 9.00. The average molecular weight is 178 g/mol. The Bertz CT molecular complexity index is 236. The van der Waals surface area contributed by atoms with E-state index in [0.29, 0.717) is 0 Å². The van der Waals surface area contributed by atoms with Crippen molar-refractivity contribution in [3.05, 3.63) is 34.9 Å². The molecule has 0 fully saturated rings. The summed E-state index contributed by atoms with van der Waals surface area (Å²) in [5.41, 5.74) is 4.22. The first kappa shape index (κ1) is 12.2. The first-order chi connectivity index (χ1) is 6.15. The lowest BCUT2D eigenvalue weighted by atomic mass is 10.1. The van der Waals surface area contributed by atoms with Crippen molar-refractivity contribution in [3.63, 3.8) is 0 Å². The van der Waals surface area contributed by atoms with Crippen LogP contribution in [0.5, 0.6) is 0 Å². The third-order valence-electron chi connectivity index (χ3n) is 1.98. The van der Waals surface area contributed by atoms with Crippen molar-refractivity contribution in [2.24, 2.45) is 0 Å². The Morgan fingerprint density at radius 3 is 1.85 bits per heavy atom. The van der Waals surface area contributed by atoms with Gasteiger partial charge < -0.3 is 0 Å². The van der Waals surface area contributed by atoms with E-state index < -0.39 is 0 Å². The largest absolute Gasteiger partial charge is 0.0656 e. The molecule has 13 heavy (non-hydrogen) atoms. The van der Waals surface area contributed by atoms with E-state index in [1.807, 2.05) is 0 Å². The molecule has 0 amide bonds. The zero-order chi connectivity index (χ0) is 10.3. The van der Waals surface area contributed by atoms with Gasteiger partial charge in [0.15, 0.2) is 0 Å². The summed E-state index contributed by atoms with van der Waals surface area (Å²) in [4.78, 5) is 0. The molecule has 74 valence electrons. The highest BCUT2D eigenvalue weighted by atomic mass is 14.0. The van der Waals surface area contributed by atoms with Crippen molar-refractivity contribution in [2.45, 2.75) is 47.5 Å². The minimum Gasteiger partial charge on any atom is -0.0656 e. The monoisotopic (exact) mass is 178 g/mol. The zero-order valence-electron chi connectivity index (χ0n) is 9.65. The predicted octanol–water partition coefficient (Wildman–Crippen LogP) is 4.28. The van der Waals surface area contributed by atoms with E-state index >= 15 is 0 Å². The predicted molar refractivity (Wildman–Crippen MR) is 61.3 cm³/mol. The third kappa shape index (κ3) is 4.72. The van der Waals surface area contributed by atoms with Gasteiger partial charge in [0, 0.05) is 0 Å². The van der Waals surface area contributed by atoms with Crippen LogP contribution in [0.15, 0.2) is 18.2 Å². The minimum absolute atomic E-state index is 1.14. The van der Waals surface area contributed by atoms with Crippen LogP contribution in [0, 0.1) is 13.8 Å².